The summed E-state index contributed by atoms with van der Waals surface area (Å²) in [6, 6.07) is 14.4. The van der Waals surface area contributed by atoms with Crippen LogP contribution in [0, 0.1) is 0 Å². The average molecular weight is 366 g/mol. The first kappa shape index (κ1) is 18.2. The van der Waals surface area contributed by atoms with E-state index in [1.54, 1.807) is 18.3 Å². The number of ether oxygens (including phenoxy) is 1. The number of nitrogens with zero attached hydrogens (tertiary/aromatic N) is 1. The maximum atomic E-state index is 12.0. The lowest BCUT2D eigenvalue weighted by Gasteiger charge is -2.15. The standard InChI is InChI=1S/C20H18N2O5/c23-16-7-5-13(6-8-16)10-18(19(24)25)22-20(26)27-12-14-9-15-3-1-2-4-17(15)21-11-14/h1-9,11,18,23H,10,12H2,(H,22,26)(H,24,25)/t18-/m0/s1. The van der Waals surface area contributed by atoms with Crippen LogP contribution in [0.2, 0.25) is 0 Å². The lowest BCUT2D eigenvalue weighted by Crippen LogP contribution is -2.42. The molecule has 0 bridgehead atoms. The van der Waals surface area contributed by atoms with Crippen LogP contribution in [-0.2, 0) is 22.6 Å². The van der Waals surface area contributed by atoms with Crippen molar-refractivity contribution in [3.05, 3.63) is 71.9 Å². The molecule has 0 aliphatic carbocycles. The molecule has 7 nitrogen and oxygen atoms in total. The number of para-hydroxylation sites is 1. The number of aromatic nitrogens is 1. The minimum absolute atomic E-state index is 0.0186. The Labute approximate surface area is 155 Å². The van der Waals surface area contributed by atoms with Crippen molar-refractivity contribution >= 4 is 23.0 Å². The molecule has 0 aliphatic heterocycles. The van der Waals surface area contributed by atoms with Crippen LogP contribution in [0.5, 0.6) is 5.75 Å². The van der Waals surface area contributed by atoms with Gasteiger partial charge in [0, 0.05) is 23.6 Å². The number of pyridine rings is 1. The first-order valence-electron chi connectivity index (χ1n) is 8.29. The predicted molar refractivity (Wildman–Crippen MR) is 98.3 cm³/mol. The predicted octanol–water partition coefficient (Wildman–Crippen LogP) is 2.86. The van der Waals surface area contributed by atoms with E-state index in [1.165, 1.54) is 12.1 Å². The Kier molecular flexibility index (Phi) is 5.51. The largest absolute Gasteiger partial charge is 0.508 e. The number of phenolic OH excluding ortho intramolecular Hbond substituents is 1. The Morgan fingerprint density at radius 2 is 1.81 bits per heavy atom. The van der Waals surface area contributed by atoms with Gasteiger partial charge in [-0.25, -0.2) is 9.59 Å². The highest BCUT2D eigenvalue weighted by molar-refractivity contribution is 5.80. The van der Waals surface area contributed by atoms with Crippen LogP contribution >= 0.6 is 0 Å². The molecule has 1 aromatic heterocycles. The molecular formula is C20H18N2O5. The molecule has 3 rings (SSSR count). The highest BCUT2D eigenvalue weighted by Gasteiger charge is 2.21. The smallest absolute Gasteiger partial charge is 0.408 e. The average Bonchev–Trinajstić information content (AvgIpc) is 2.67. The highest BCUT2D eigenvalue weighted by atomic mass is 16.5. The molecule has 7 heteroatoms. The van der Waals surface area contributed by atoms with Gasteiger partial charge in [0.15, 0.2) is 0 Å². The summed E-state index contributed by atoms with van der Waals surface area (Å²) in [7, 11) is 0. The van der Waals surface area contributed by atoms with Crippen molar-refractivity contribution in [3.63, 3.8) is 0 Å². The minimum Gasteiger partial charge on any atom is -0.508 e. The van der Waals surface area contributed by atoms with E-state index in [9.17, 15) is 19.8 Å². The number of amides is 1. The Morgan fingerprint density at radius 1 is 1.07 bits per heavy atom. The number of hydrogen-bond donors (Lipinski definition) is 3. The first-order valence-corrected chi connectivity index (χ1v) is 8.29. The molecule has 1 heterocycles. The van der Waals surface area contributed by atoms with Gasteiger partial charge in [-0.3, -0.25) is 4.98 Å². The number of carboxylic acid groups (broad SMARTS) is 1. The fourth-order valence-corrected chi connectivity index (χ4v) is 2.60. The van der Waals surface area contributed by atoms with Gasteiger partial charge in [0.25, 0.3) is 0 Å². The van der Waals surface area contributed by atoms with Gasteiger partial charge in [0.2, 0.25) is 0 Å². The fourth-order valence-electron chi connectivity index (χ4n) is 2.60. The monoisotopic (exact) mass is 366 g/mol. The van der Waals surface area contributed by atoms with Crippen molar-refractivity contribution in [2.75, 3.05) is 0 Å². The number of carbonyl (C=O) groups excluding carboxylic acids is 1. The summed E-state index contributed by atoms with van der Waals surface area (Å²) in [4.78, 5) is 27.7. The third kappa shape index (κ3) is 4.94. The zero-order valence-corrected chi connectivity index (χ0v) is 14.3. The molecule has 0 saturated heterocycles. The molecule has 0 spiro atoms. The van der Waals surface area contributed by atoms with Crippen LogP contribution in [0.15, 0.2) is 60.8 Å². The molecule has 138 valence electrons. The van der Waals surface area contributed by atoms with E-state index in [2.05, 4.69) is 10.3 Å². The molecule has 3 N–H and O–H groups in total. The Balaban J connectivity index is 1.58. The van der Waals surface area contributed by atoms with E-state index in [-0.39, 0.29) is 18.8 Å². The molecule has 0 saturated carbocycles. The Bertz CT molecular complexity index is 956. The van der Waals surface area contributed by atoms with Gasteiger partial charge in [-0.05, 0) is 29.8 Å². The summed E-state index contributed by atoms with van der Waals surface area (Å²) in [5.41, 5.74) is 2.21. The topological polar surface area (TPSA) is 109 Å². The zero-order chi connectivity index (χ0) is 19.2. The molecule has 1 amide bonds. The maximum Gasteiger partial charge on any atom is 0.408 e. The van der Waals surface area contributed by atoms with Crippen LogP contribution in [0.3, 0.4) is 0 Å². The number of aliphatic carboxylic acids is 1. The van der Waals surface area contributed by atoms with E-state index >= 15 is 0 Å². The quantitative estimate of drug-likeness (QED) is 0.619. The normalized spacial score (nSPS) is 11.7. The summed E-state index contributed by atoms with van der Waals surface area (Å²) in [5, 5.41) is 21.9. The van der Waals surface area contributed by atoms with Crippen molar-refractivity contribution in [3.8, 4) is 5.75 Å². The summed E-state index contributed by atoms with van der Waals surface area (Å²) < 4.78 is 5.12. The number of carbonyl (C=O) groups is 2. The number of phenols is 1. The molecule has 2 aromatic carbocycles. The van der Waals surface area contributed by atoms with Gasteiger partial charge < -0.3 is 20.3 Å². The van der Waals surface area contributed by atoms with Gasteiger partial charge >= 0.3 is 12.1 Å². The van der Waals surface area contributed by atoms with Crippen molar-refractivity contribution in [2.45, 2.75) is 19.1 Å². The van der Waals surface area contributed by atoms with Gasteiger partial charge in [0.1, 0.15) is 18.4 Å². The molecule has 0 fully saturated rings. The number of rotatable bonds is 6. The molecule has 0 radical (unpaired) electrons. The number of benzene rings is 2. The Morgan fingerprint density at radius 3 is 2.56 bits per heavy atom. The molecular weight excluding hydrogens is 348 g/mol. The van der Waals surface area contributed by atoms with E-state index in [0.29, 0.717) is 11.1 Å². The Hall–Kier alpha value is -3.61. The third-order valence-electron chi connectivity index (χ3n) is 3.98. The van der Waals surface area contributed by atoms with Crippen LogP contribution in [0.25, 0.3) is 10.9 Å². The fraction of sp³-hybridized carbons (Fsp3) is 0.150. The van der Waals surface area contributed by atoms with Gasteiger partial charge in [0.05, 0.1) is 5.52 Å². The second-order valence-corrected chi connectivity index (χ2v) is 6.02. The number of alkyl carbamates (subject to hydrolysis) is 1. The molecule has 1 atom stereocenters. The lowest BCUT2D eigenvalue weighted by atomic mass is 10.1. The van der Waals surface area contributed by atoms with E-state index in [1.807, 2.05) is 30.3 Å². The van der Waals surface area contributed by atoms with Crippen molar-refractivity contribution < 1.29 is 24.5 Å². The minimum atomic E-state index is -1.17. The maximum absolute atomic E-state index is 12.0. The zero-order valence-electron chi connectivity index (χ0n) is 14.3. The van der Waals surface area contributed by atoms with E-state index < -0.39 is 18.1 Å². The number of hydrogen-bond acceptors (Lipinski definition) is 5. The van der Waals surface area contributed by atoms with Crippen molar-refractivity contribution in [2.24, 2.45) is 0 Å². The third-order valence-corrected chi connectivity index (χ3v) is 3.98. The van der Waals surface area contributed by atoms with E-state index in [0.717, 1.165) is 10.9 Å². The summed E-state index contributed by atoms with van der Waals surface area (Å²) in [6.07, 6.45) is 0.859. The first-order chi connectivity index (χ1) is 13.0. The summed E-state index contributed by atoms with van der Waals surface area (Å²) in [5.74, 6) is -1.09. The summed E-state index contributed by atoms with van der Waals surface area (Å²) >= 11 is 0. The van der Waals surface area contributed by atoms with Crippen LogP contribution in [0.4, 0.5) is 4.79 Å². The lowest BCUT2D eigenvalue weighted by molar-refractivity contribution is -0.139. The SMILES string of the molecule is O=C(N[C@@H](Cc1ccc(O)cc1)C(=O)O)OCc1cnc2ccccc2c1. The number of aromatic hydroxyl groups is 1. The van der Waals surface area contributed by atoms with Gasteiger partial charge in [-0.1, -0.05) is 30.3 Å². The summed E-state index contributed by atoms with van der Waals surface area (Å²) in [6.45, 7) is -0.0186. The molecule has 0 aliphatic rings. The van der Waals surface area contributed by atoms with Crippen LogP contribution in [0.1, 0.15) is 11.1 Å². The van der Waals surface area contributed by atoms with Crippen molar-refractivity contribution in [1.29, 1.82) is 0 Å². The molecule has 0 unspecified atom stereocenters. The highest BCUT2D eigenvalue weighted by Crippen LogP contribution is 2.14. The van der Waals surface area contributed by atoms with Crippen LogP contribution < -0.4 is 5.32 Å². The molecule has 27 heavy (non-hydrogen) atoms. The van der Waals surface area contributed by atoms with E-state index in [4.69, 9.17) is 4.74 Å². The molecule has 3 aromatic rings. The number of nitrogens with one attached hydrogen (secondary N) is 1. The number of fused-ring (bicyclic) bond motifs is 1. The van der Waals surface area contributed by atoms with Crippen molar-refractivity contribution in [1.82, 2.24) is 10.3 Å². The number of carboxylic acids is 1. The van der Waals surface area contributed by atoms with Gasteiger partial charge in [-0.2, -0.15) is 0 Å². The second-order valence-electron chi connectivity index (χ2n) is 6.02. The van der Waals surface area contributed by atoms with Crippen LogP contribution in [-0.4, -0.2) is 33.3 Å². The van der Waals surface area contributed by atoms with Gasteiger partial charge in [-0.15, -0.1) is 0 Å². The second kappa shape index (κ2) is 8.18.